The molecule has 0 saturated carbocycles. The van der Waals surface area contributed by atoms with Crippen molar-refractivity contribution in [2.75, 3.05) is 5.32 Å². The smallest absolute Gasteiger partial charge is 0.319 e. The molecule has 0 fully saturated rings. The topological polar surface area (TPSA) is 71.8 Å². The highest BCUT2D eigenvalue weighted by Crippen LogP contribution is 2.14. The first-order valence-electron chi connectivity index (χ1n) is 6.96. The van der Waals surface area contributed by atoms with E-state index in [9.17, 15) is 4.79 Å². The second kappa shape index (κ2) is 6.93. The number of carbonyl (C=O) groups excluding carboxylic acids is 1. The highest BCUT2D eigenvalue weighted by atomic mass is 35.5. The standard InChI is InChI=1S/C16H14ClN5O/c17-13-3-1-4-14(10-13)21-16(23)19-11-12-5-7-18-15(9-12)22-8-2-6-20-22/h1-10H,11H2,(H2,19,21,23). The molecule has 0 saturated heterocycles. The maximum atomic E-state index is 11.9. The molecule has 0 spiro atoms. The Bertz CT molecular complexity index is 804. The van der Waals surface area contributed by atoms with Gasteiger partial charge in [-0.25, -0.2) is 14.5 Å². The van der Waals surface area contributed by atoms with Gasteiger partial charge in [-0.2, -0.15) is 5.10 Å². The summed E-state index contributed by atoms with van der Waals surface area (Å²) < 4.78 is 1.66. The van der Waals surface area contributed by atoms with Crippen molar-refractivity contribution in [1.29, 1.82) is 0 Å². The minimum absolute atomic E-state index is 0.301. The summed E-state index contributed by atoms with van der Waals surface area (Å²) in [7, 11) is 0. The van der Waals surface area contributed by atoms with Crippen LogP contribution < -0.4 is 10.6 Å². The zero-order valence-electron chi connectivity index (χ0n) is 12.1. The molecular formula is C16H14ClN5O. The van der Waals surface area contributed by atoms with E-state index < -0.39 is 0 Å². The molecule has 0 radical (unpaired) electrons. The van der Waals surface area contributed by atoms with Gasteiger partial charge in [0.05, 0.1) is 0 Å². The number of urea groups is 1. The number of halogens is 1. The highest BCUT2D eigenvalue weighted by molar-refractivity contribution is 6.30. The zero-order chi connectivity index (χ0) is 16.1. The van der Waals surface area contributed by atoms with Crippen molar-refractivity contribution in [2.45, 2.75) is 6.54 Å². The first-order chi connectivity index (χ1) is 11.2. The third-order valence-electron chi connectivity index (χ3n) is 3.08. The molecule has 3 aromatic rings. The molecule has 2 aromatic heterocycles. The van der Waals surface area contributed by atoms with Crippen molar-refractivity contribution in [3.05, 3.63) is 71.6 Å². The molecule has 2 amide bonds. The summed E-state index contributed by atoms with van der Waals surface area (Å²) in [5.41, 5.74) is 1.56. The molecule has 0 bridgehead atoms. The van der Waals surface area contributed by atoms with Crippen LogP contribution in [0.3, 0.4) is 0 Å². The lowest BCUT2D eigenvalue weighted by atomic mass is 10.2. The second-order valence-corrected chi connectivity index (χ2v) is 5.23. The Morgan fingerprint density at radius 1 is 1.17 bits per heavy atom. The molecule has 6 nitrogen and oxygen atoms in total. The van der Waals surface area contributed by atoms with Gasteiger partial charge >= 0.3 is 6.03 Å². The molecule has 1 aromatic carbocycles. The van der Waals surface area contributed by atoms with Crippen LogP contribution in [-0.2, 0) is 6.54 Å². The highest BCUT2D eigenvalue weighted by Gasteiger charge is 2.04. The number of carbonyl (C=O) groups is 1. The van der Waals surface area contributed by atoms with E-state index in [4.69, 9.17) is 11.6 Å². The molecule has 0 aliphatic carbocycles. The van der Waals surface area contributed by atoms with Crippen molar-refractivity contribution >= 4 is 23.3 Å². The van der Waals surface area contributed by atoms with Crippen LogP contribution in [0, 0.1) is 0 Å². The lowest BCUT2D eigenvalue weighted by molar-refractivity contribution is 0.251. The third-order valence-corrected chi connectivity index (χ3v) is 3.32. The summed E-state index contributed by atoms with van der Waals surface area (Å²) in [6, 6.07) is 12.2. The quantitative estimate of drug-likeness (QED) is 0.772. The van der Waals surface area contributed by atoms with Gasteiger partial charge in [0.15, 0.2) is 5.82 Å². The number of nitrogens with zero attached hydrogens (tertiary/aromatic N) is 3. The number of pyridine rings is 1. The fraction of sp³-hybridized carbons (Fsp3) is 0.0625. The number of hydrogen-bond acceptors (Lipinski definition) is 3. The maximum Gasteiger partial charge on any atom is 0.319 e. The van der Waals surface area contributed by atoms with Crippen molar-refractivity contribution < 1.29 is 4.79 Å². The summed E-state index contributed by atoms with van der Waals surface area (Å²) in [5, 5.41) is 10.2. The van der Waals surface area contributed by atoms with Crippen molar-refractivity contribution in [2.24, 2.45) is 0 Å². The van der Waals surface area contributed by atoms with E-state index in [1.807, 2.05) is 24.4 Å². The Morgan fingerprint density at radius 2 is 2.09 bits per heavy atom. The van der Waals surface area contributed by atoms with E-state index in [0.29, 0.717) is 23.1 Å². The predicted octanol–water partition coefficient (Wildman–Crippen LogP) is 3.24. The van der Waals surface area contributed by atoms with E-state index >= 15 is 0 Å². The lowest BCUT2D eigenvalue weighted by Crippen LogP contribution is -2.28. The molecule has 0 unspecified atom stereocenters. The van der Waals surface area contributed by atoms with Gasteiger partial charge in [-0.15, -0.1) is 0 Å². The van der Waals surface area contributed by atoms with Crippen molar-refractivity contribution in [3.63, 3.8) is 0 Å². The fourth-order valence-corrected chi connectivity index (χ4v) is 2.21. The number of anilines is 1. The average molecular weight is 328 g/mol. The molecule has 23 heavy (non-hydrogen) atoms. The van der Waals surface area contributed by atoms with Crippen LogP contribution >= 0.6 is 11.6 Å². The molecule has 7 heteroatoms. The van der Waals surface area contributed by atoms with Gasteiger partial charge in [0.1, 0.15) is 0 Å². The van der Waals surface area contributed by atoms with Gasteiger partial charge in [0.2, 0.25) is 0 Å². The van der Waals surface area contributed by atoms with Gasteiger partial charge in [-0.05, 0) is 42.0 Å². The third kappa shape index (κ3) is 4.08. The molecule has 2 N–H and O–H groups in total. The minimum Gasteiger partial charge on any atom is -0.334 e. The fourth-order valence-electron chi connectivity index (χ4n) is 2.02. The minimum atomic E-state index is -0.301. The predicted molar refractivity (Wildman–Crippen MR) is 88.7 cm³/mol. The van der Waals surface area contributed by atoms with Crippen LogP contribution in [0.5, 0.6) is 0 Å². The Morgan fingerprint density at radius 3 is 2.87 bits per heavy atom. The van der Waals surface area contributed by atoms with E-state index in [2.05, 4.69) is 20.7 Å². The summed E-state index contributed by atoms with van der Waals surface area (Å²) in [5.74, 6) is 0.699. The number of hydrogen-bond donors (Lipinski definition) is 2. The van der Waals surface area contributed by atoms with Crippen LogP contribution in [0.4, 0.5) is 10.5 Å². The van der Waals surface area contributed by atoms with Crippen molar-refractivity contribution in [3.8, 4) is 5.82 Å². The van der Waals surface area contributed by atoms with E-state index in [1.54, 1.807) is 41.3 Å². The summed E-state index contributed by atoms with van der Waals surface area (Å²) in [4.78, 5) is 16.2. The first-order valence-corrected chi connectivity index (χ1v) is 7.34. The van der Waals surface area contributed by atoms with Gasteiger partial charge in [-0.1, -0.05) is 17.7 Å². The van der Waals surface area contributed by atoms with Gasteiger partial charge in [-0.3, -0.25) is 0 Å². The molecule has 0 aliphatic rings. The summed E-state index contributed by atoms with van der Waals surface area (Å²) in [6.07, 6.45) is 5.18. The number of benzene rings is 1. The van der Waals surface area contributed by atoms with Gasteiger partial charge < -0.3 is 10.6 Å². The monoisotopic (exact) mass is 327 g/mol. The lowest BCUT2D eigenvalue weighted by Gasteiger charge is -2.09. The molecule has 0 aliphatic heterocycles. The van der Waals surface area contributed by atoms with Gasteiger partial charge in [0.25, 0.3) is 0 Å². The Hall–Kier alpha value is -2.86. The molecule has 116 valence electrons. The number of amides is 2. The zero-order valence-corrected chi connectivity index (χ0v) is 12.9. The molecular weight excluding hydrogens is 314 g/mol. The van der Waals surface area contributed by atoms with Gasteiger partial charge in [0, 0.05) is 35.8 Å². The Balaban J connectivity index is 1.60. The number of nitrogens with one attached hydrogen (secondary N) is 2. The SMILES string of the molecule is O=C(NCc1ccnc(-n2cccn2)c1)Nc1cccc(Cl)c1. The average Bonchev–Trinajstić information content (AvgIpc) is 3.08. The van der Waals surface area contributed by atoms with Crippen LogP contribution in [0.15, 0.2) is 61.1 Å². The second-order valence-electron chi connectivity index (χ2n) is 4.79. The van der Waals surface area contributed by atoms with Crippen LogP contribution in [0.25, 0.3) is 5.82 Å². The van der Waals surface area contributed by atoms with Crippen molar-refractivity contribution in [1.82, 2.24) is 20.1 Å². The van der Waals surface area contributed by atoms with E-state index in [-0.39, 0.29) is 6.03 Å². The molecule has 2 heterocycles. The largest absolute Gasteiger partial charge is 0.334 e. The maximum absolute atomic E-state index is 11.9. The summed E-state index contributed by atoms with van der Waals surface area (Å²) in [6.45, 7) is 0.378. The van der Waals surface area contributed by atoms with Crippen LogP contribution in [0.1, 0.15) is 5.56 Å². The van der Waals surface area contributed by atoms with E-state index in [0.717, 1.165) is 5.56 Å². The normalized spacial score (nSPS) is 10.3. The van der Waals surface area contributed by atoms with Crippen LogP contribution in [-0.4, -0.2) is 20.8 Å². The summed E-state index contributed by atoms with van der Waals surface area (Å²) >= 11 is 5.88. The molecule has 0 atom stereocenters. The van der Waals surface area contributed by atoms with E-state index in [1.165, 1.54) is 0 Å². The Kier molecular flexibility index (Phi) is 4.54. The van der Waals surface area contributed by atoms with Crippen LogP contribution in [0.2, 0.25) is 5.02 Å². The number of rotatable bonds is 4. The first kappa shape index (κ1) is 15.1. The Labute approximate surface area is 138 Å². The molecule has 3 rings (SSSR count). The number of aromatic nitrogens is 3.